The van der Waals surface area contributed by atoms with Crippen LogP contribution >= 0.6 is 11.6 Å². The first-order chi connectivity index (χ1) is 15.3. The van der Waals surface area contributed by atoms with E-state index in [4.69, 9.17) is 16.3 Å². The smallest absolute Gasteiger partial charge is 0.305 e. The molecule has 3 rings (SSSR count). The third-order valence-electron chi connectivity index (χ3n) is 5.60. The number of benzene rings is 2. The van der Waals surface area contributed by atoms with E-state index < -0.39 is 10.0 Å². The monoisotopic (exact) mass is 480 g/mol. The van der Waals surface area contributed by atoms with Crippen molar-refractivity contribution >= 4 is 27.6 Å². The maximum Gasteiger partial charge on any atom is 0.305 e. The lowest BCUT2D eigenvalue weighted by Gasteiger charge is -2.28. The van der Waals surface area contributed by atoms with Gasteiger partial charge < -0.3 is 9.57 Å². The maximum atomic E-state index is 12.7. The third-order valence-corrected chi connectivity index (χ3v) is 7.39. The van der Waals surface area contributed by atoms with Crippen molar-refractivity contribution in [3.8, 4) is 0 Å². The molecule has 0 fully saturated rings. The molecule has 0 saturated heterocycles. The van der Waals surface area contributed by atoms with Crippen molar-refractivity contribution in [1.29, 1.82) is 0 Å². The molecule has 32 heavy (non-hydrogen) atoms. The summed E-state index contributed by atoms with van der Waals surface area (Å²) in [6.45, 7) is 0.150. The van der Waals surface area contributed by atoms with Gasteiger partial charge in [-0.25, -0.2) is 13.1 Å². The molecule has 8 nitrogen and oxygen atoms in total. The summed E-state index contributed by atoms with van der Waals surface area (Å²) in [6, 6.07) is 9.73. The summed E-state index contributed by atoms with van der Waals surface area (Å²) in [4.78, 5) is 26.7. The summed E-state index contributed by atoms with van der Waals surface area (Å²) in [7, 11) is -2.31. The second-order valence-corrected chi connectivity index (χ2v) is 9.74. The number of rotatable bonds is 10. The molecule has 1 atom stereocenters. The molecule has 2 aromatic rings. The zero-order valence-electron chi connectivity index (χ0n) is 17.7. The lowest BCUT2D eigenvalue weighted by molar-refractivity contribution is -0.140. The van der Waals surface area contributed by atoms with Crippen LogP contribution in [0.4, 0.5) is 0 Å². The highest BCUT2D eigenvalue weighted by Crippen LogP contribution is 2.30. The Kier molecular flexibility index (Phi) is 8.22. The second kappa shape index (κ2) is 10.9. The number of ether oxygens (including phenoxy) is 1. The van der Waals surface area contributed by atoms with Gasteiger partial charge in [0.05, 0.1) is 12.0 Å². The highest BCUT2D eigenvalue weighted by molar-refractivity contribution is 7.89. The molecule has 10 heteroatoms. The summed E-state index contributed by atoms with van der Waals surface area (Å²) < 4.78 is 33.1. The Labute approximate surface area is 192 Å². The molecule has 1 aliphatic carbocycles. The fourth-order valence-electron chi connectivity index (χ4n) is 4.05. The summed E-state index contributed by atoms with van der Waals surface area (Å²) in [5.41, 5.74) is 4.17. The molecule has 0 amide bonds. The van der Waals surface area contributed by atoms with Crippen molar-refractivity contribution in [2.75, 3.05) is 13.7 Å². The maximum absolute atomic E-state index is 12.7. The van der Waals surface area contributed by atoms with Gasteiger partial charge in [-0.2, -0.15) is 0 Å². The second-order valence-electron chi connectivity index (χ2n) is 7.59. The number of carbonyl (C=O) groups excluding carboxylic acids is 1. The van der Waals surface area contributed by atoms with Gasteiger partial charge in [-0.1, -0.05) is 23.7 Å². The predicted molar refractivity (Wildman–Crippen MR) is 120 cm³/mol. The predicted octanol–water partition coefficient (Wildman–Crippen LogP) is 3.52. The van der Waals surface area contributed by atoms with Gasteiger partial charge in [0.2, 0.25) is 10.0 Å². The normalized spacial score (nSPS) is 15.6. The number of nitrogens with one attached hydrogen (secondary N) is 1. The number of halogens is 1. The van der Waals surface area contributed by atoms with E-state index in [1.54, 1.807) is 12.1 Å². The number of fused-ring (bicyclic) bond motifs is 1. The van der Waals surface area contributed by atoms with Crippen molar-refractivity contribution in [3.05, 3.63) is 68.6 Å². The average Bonchev–Trinajstić information content (AvgIpc) is 2.78. The standard InChI is InChI=1S/C22H25ClN2O6S/c1-30-22(26)11-10-20-15(12-13-31-25-27)2-3-16-14-18(6-9-21(16)20)24-32(28,29)19-7-4-17(23)5-8-19/h2-5,7-8,18,24H,6,9-14H2,1H3. The lowest BCUT2D eigenvalue weighted by atomic mass is 9.82. The summed E-state index contributed by atoms with van der Waals surface area (Å²) in [5.74, 6) is -0.302. The molecule has 0 heterocycles. The zero-order valence-corrected chi connectivity index (χ0v) is 19.2. The van der Waals surface area contributed by atoms with Gasteiger partial charge in [0.25, 0.3) is 0 Å². The molecule has 1 unspecified atom stereocenters. The number of hydrogen-bond donors (Lipinski definition) is 1. The van der Waals surface area contributed by atoms with Crippen LogP contribution < -0.4 is 4.72 Å². The minimum atomic E-state index is -3.66. The van der Waals surface area contributed by atoms with Gasteiger partial charge in [-0.15, -0.1) is 4.91 Å². The van der Waals surface area contributed by atoms with E-state index >= 15 is 0 Å². The molecule has 172 valence electrons. The minimum absolute atomic E-state index is 0.150. The van der Waals surface area contributed by atoms with Gasteiger partial charge >= 0.3 is 5.97 Å². The molecule has 0 saturated carbocycles. The first kappa shape index (κ1) is 24.2. The fraction of sp³-hybridized carbons (Fsp3) is 0.409. The Morgan fingerprint density at radius 2 is 1.94 bits per heavy atom. The first-order valence-corrected chi connectivity index (χ1v) is 12.1. The van der Waals surface area contributed by atoms with Gasteiger partial charge in [-0.05, 0) is 72.2 Å². The Hall–Kier alpha value is -2.49. The average molecular weight is 481 g/mol. The van der Waals surface area contributed by atoms with Crippen LogP contribution in [-0.4, -0.2) is 34.1 Å². The Bertz CT molecular complexity index is 1070. The van der Waals surface area contributed by atoms with E-state index in [0.29, 0.717) is 37.1 Å². The van der Waals surface area contributed by atoms with Crippen LogP contribution in [0.3, 0.4) is 0 Å². The van der Waals surface area contributed by atoms with Crippen LogP contribution in [0.15, 0.2) is 46.6 Å². The first-order valence-electron chi connectivity index (χ1n) is 10.3. The van der Waals surface area contributed by atoms with E-state index in [2.05, 4.69) is 14.9 Å². The van der Waals surface area contributed by atoms with Crippen molar-refractivity contribution < 1.29 is 22.8 Å². The number of nitrogens with zero attached hydrogens (tertiary/aromatic N) is 1. The fourth-order valence-corrected chi connectivity index (χ4v) is 5.44. The lowest BCUT2D eigenvalue weighted by Crippen LogP contribution is -2.39. The van der Waals surface area contributed by atoms with E-state index in [1.165, 1.54) is 19.2 Å². The molecular weight excluding hydrogens is 456 g/mol. The molecule has 0 radical (unpaired) electrons. The Balaban J connectivity index is 1.79. The molecule has 0 aromatic heterocycles. The number of methoxy groups -OCH3 is 1. The van der Waals surface area contributed by atoms with Crippen LogP contribution in [0.5, 0.6) is 0 Å². The molecule has 1 aliphatic rings. The highest BCUT2D eigenvalue weighted by atomic mass is 35.5. The molecule has 2 aromatic carbocycles. The Morgan fingerprint density at radius 1 is 1.19 bits per heavy atom. The summed E-state index contributed by atoms with van der Waals surface area (Å²) in [6.07, 6.45) is 3.06. The summed E-state index contributed by atoms with van der Waals surface area (Å²) >= 11 is 5.86. The van der Waals surface area contributed by atoms with Gasteiger partial charge in [0.15, 0.2) is 5.34 Å². The van der Waals surface area contributed by atoms with Crippen molar-refractivity contribution in [2.24, 2.45) is 5.34 Å². The minimum Gasteiger partial charge on any atom is -0.469 e. The van der Waals surface area contributed by atoms with E-state index in [-0.39, 0.29) is 29.9 Å². The van der Waals surface area contributed by atoms with E-state index in [1.807, 2.05) is 12.1 Å². The largest absolute Gasteiger partial charge is 0.469 e. The van der Waals surface area contributed by atoms with Crippen molar-refractivity contribution in [2.45, 2.75) is 49.5 Å². The van der Waals surface area contributed by atoms with E-state index in [0.717, 1.165) is 22.3 Å². The van der Waals surface area contributed by atoms with Gasteiger partial charge in [0, 0.05) is 23.9 Å². The molecular formula is C22H25ClN2O6S. The summed E-state index contributed by atoms with van der Waals surface area (Å²) in [5, 5.41) is 2.90. The van der Waals surface area contributed by atoms with Crippen LogP contribution in [0, 0.1) is 4.91 Å². The third kappa shape index (κ3) is 6.05. The van der Waals surface area contributed by atoms with Crippen LogP contribution in [0.25, 0.3) is 0 Å². The Morgan fingerprint density at radius 3 is 2.62 bits per heavy atom. The van der Waals surface area contributed by atoms with Crippen LogP contribution in [0.2, 0.25) is 5.02 Å². The van der Waals surface area contributed by atoms with Gasteiger partial charge in [0.1, 0.15) is 6.61 Å². The molecule has 0 aliphatic heterocycles. The van der Waals surface area contributed by atoms with Crippen LogP contribution in [-0.2, 0) is 50.1 Å². The van der Waals surface area contributed by atoms with Gasteiger partial charge in [-0.3, -0.25) is 4.79 Å². The molecule has 0 bridgehead atoms. The topological polar surface area (TPSA) is 111 Å². The number of carbonyl (C=O) groups is 1. The van der Waals surface area contributed by atoms with E-state index in [9.17, 15) is 18.1 Å². The SMILES string of the molecule is COC(=O)CCc1c(CCON=O)ccc2c1CCC(NS(=O)(=O)c1ccc(Cl)cc1)C2. The number of esters is 1. The molecule has 0 spiro atoms. The zero-order chi connectivity index (χ0) is 23.1. The van der Waals surface area contributed by atoms with Crippen LogP contribution in [0.1, 0.15) is 35.1 Å². The molecule has 1 N–H and O–H groups in total. The van der Waals surface area contributed by atoms with Crippen molar-refractivity contribution in [1.82, 2.24) is 4.72 Å². The van der Waals surface area contributed by atoms with Crippen molar-refractivity contribution in [3.63, 3.8) is 0 Å². The number of sulfonamides is 1. The highest BCUT2D eigenvalue weighted by Gasteiger charge is 2.26. The number of hydrogen-bond acceptors (Lipinski definition) is 7. The quantitative estimate of drug-likeness (QED) is 0.241.